The number of ketones is 1. The van der Waals surface area contributed by atoms with Crippen molar-refractivity contribution in [3.05, 3.63) is 71.5 Å². The van der Waals surface area contributed by atoms with E-state index < -0.39 is 0 Å². The minimum Gasteiger partial charge on any atom is -0.349 e. The molecule has 0 saturated heterocycles. The van der Waals surface area contributed by atoms with Gasteiger partial charge in [-0.3, -0.25) is 9.59 Å². The molecule has 1 aliphatic carbocycles. The number of pyridine rings is 1. The molecule has 4 rings (SSSR count). The van der Waals surface area contributed by atoms with E-state index in [9.17, 15) is 14.0 Å². The van der Waals surface area contributed by atoms with Crippen LogP contribution in [0.3, 0.4) is 0 Å². The number of fused-ring (bicyclic) bond motifs is 1. The highest BCUT2D eigenvalue weighted by Crippen LogP contribution is 2.26. The first kappa shape index (κ1) is 19.6. The van der Waals surface area contributed by atoms with Gasteiger partial charge in [-0.2, -0.15) is 0 Å². The number of benzene rings is 2. The van der Waals surface area contributed by atoms with Crippen molar-refractivity contribution in [3.63, 3.8) is 0 Å². The zero-order valence-corrected chi connectivity index (χ0v) is 16.7. The van der Waals surface area contributed by atoms with E-state index in [-0.39, 0.29) is 17.5 Å². The molecule has 0 atom stereocenters. The van der Waals surface area contributed by atoms with E-state index in [0.717, 1.165) is 28.8 Å². The highest BCUT2D eigenvalue weighted by molar-refractivity contribution is 7.99. The summed E-state index contributed by atoms with van der Waals surface area (Å²) >= 11 is 1.54. The van der Waals surface area contributed by atoms with Crippen LogP contribution in [0.4, 0.5) is 4.39 Å². The van der Waals surface area contributed by atoms with Crippen molar-refractivity contribution in [2.75, 3.05) is 5.75 Å². The number of Topliss-reactive ketones (excluding diaryl/α,β-unsaturated/α-hetero) is 1. The molecule has 2 aromatic carbocycles. The number of hydrogen-bond acceptors (Lipinski definition) is 4. The topological polar surface area (TPSA) is 59.1 Å². The highest BCUT2D eigenvalue weighted by Gasteiger charge is 2.25. The summed E-state index contributed by atoms with van der Waals surface area (Å²) in [6, 6.07) is 15.4. The van der Waals surface area contributed by atoms with Crippen molar-refractivity contribution < 1.29 is 14.0 Å². The molecule has 0 unspecified atom stereocenters. The number of para-hydroxylation sites is 1. The van der Waals surface area contributed by atoms with Crippen molar-refractivity contribution in [1.29, 1.82) is 0 Å². The second-order valence-corrected chi connectivity index (χ2v) is 8.27. The van der Waals surface area contributed by atoms with Crippen molar-refractivity contribution in [2.45, 2.75) is 36.8 Å². The predicted octanol–water partition coefficient (Wildman–Crippen LogP) is 5.02. The molecule has 4 nitrogen and oxygen atoms in total. The van der Waals surface area contributed by atoms with Gasteiger partial charge in [0.1, 0.15) is 5.82 Å². The summed E-state index contributed by atoms with van der Waals surface area (Å²) in [5.41, 5.74) is 1.97. The SMILES string of the molecule is O=C(CCCSc1cc(C(=O)NC2CC2)c2ccccc2n1)c1ccc(F)cc1. The number of carbonyl (C=O) groups is 2. The molecule has 3 aromatic rings. The summed E-state index contributed by atoms with van der Waals surface area (Å²) in [5.74, 6) is 0.309. The number of aromatic nitrogens is 1. The first-order valence-corrected chi connectivity index (χ1v) is 10.7. The van der Waals surface area contributed by atoms with Gasteiger partial charge in [0, 0.05) is 23.4 Å². The number of carbonyl (C=O) groups excluding carboxylic acids is 2. The number of nitrogens with zero attached hydrogens (tertiary/aromatic N) is 1. The number of hydrogen-bond donors (Lipinski definition) is 1. The third-order valence-electron chi connectivity index (χ3n) is 4.81. The summed E-state index contributed by atoms with van der Waals surface area (Å²) < 4.78 is 13.0. The Morgan fingerprint density at radius 3 is 2.62 bits per heavy atom. The summed E-state index contributed by atoms with van der Waals surface area (Å²) in [7, 11) is 0. The molecule has 29 heavy (non-hydrogen) atoms. The fraction of sp³-hybridized carbons (Fsp3) is 0.261. The lowest BCUT2D eigenvalue weighted by molar-refractivity contribution is 0.0950. The van der Waals surface area contributed by atoms with Crippen LogP contribution in [0.1, 0.15) is 46.4 Å². The van der Waals surface area contributed by atoms with Gasteiger partial charge in [0.05, 0.1) is 16.1 Å². The van der Waals surface area contributed by atoms with Crippen LogP contribution >= 0.6 is 11.8 Å². The van der Waals surface area contributed by atoms with E-state index in [4.69, 9.17) is 0 Å². The zero-order chi connectivity index (χ0) is 20.2. The van der Waals surface area contributed by atoms with E-state index >= 15 is 0 Å². The maximum atomic E-state index is 13.0. The molecule has 1 saturated carbocycles. The summed E-state index contributed by atoms with van der Waals surface area (Å²) in [5, 5.41) is 4.67. The third-order valence-corrected chi connectivity index (χ3v) is 5.81. The molecular formula is C23H21FN2O2S. The van der Waals surface area contributed by atoms with E-state index in [1.54, 1.807) is 0 Å². The molecule has 0 aliphatic heterocycles. The number of rotatable bonds is 8. The molecule has 1 N–H and O–H groups in total. The molecule has 1 fully saturated rings. The summed E-state index contributed by atoms with van der Waals surface area (Å²) in [4.78, 5) is 29.5. The lowest BCUT2D eigenvalue weighted by atomic mass is 10.1. The van der Waals surface area contributed by atoms with Gasteiger partial charge in [-0.05, 0) is 61.4 Å². The fourth-order valence-electron chi connectivity index (χ4n) is 3.09. The van der Waals surface area contributed by atoms with E-state index in [1.165, 1.54) is 36.0 Å². The van der Waals surface area contributed by atoms with Crippen LogP contribution in [0.5, 0.6) is 0 Å². The Kier molecular flexibility index (Phi) is 5.90. The van der Waals surface area contributed by atoms with Crippen LogP contribution in [0.2, 0.25) is 0 Å². The predicted molar refractivity (Wildman–Crippen MR) is 113 cm³/mol. The van der Waals surface area contributed by atoms with Gasteiger partial charge in [-0.15, -0.1) is 11.8 Å². The Hall–Kier alpha value is -2.73. The van der Waals surface area contributed by atoms with Gasteiger partial charge in [-0.1, -0.05) is 18.2 Å². The summed E-state index contributed by atoms with van der Waals surface area (Å²) in [6.45, 7) is 0. The smallest absolute Gasteiger partial charge is 0.252 e. The average Bonchev–Trinajstić information content (AvgIpc) is 3.55. The molecule has 1 aromatic heterocycles. The van der Waals surface area contributed by atoms with Crippen molar-refractivity contribution >= 4 is 34.4 Å². The van der Waals surface area contributed by atoms with Crippen molar-refractivity contribution in [2.24, 2.45) is 0 Å². The van der Waals surface area contributed by atoms with Crippen LogP contribution in [-0.4, -0.2) is 28.5 Å². The molecule has 1 heterocycles. The summed E-state index contributed by atoms with van der Waals surface area (Å²) in [6.07, 6.45) is 3.15. The maximum absolute atomic E-state index is 13.0. The molecule has 148 valence electrons. The lowest BCUT2D eigenvalue weighted by Gasteiger charge is -2.10. The largest absolute Gasteiger partial charge is 0.349 e. The fourth-order valence-corrected chi connectivity index (χ4v) is 3.96. The average molecular weight is 408 g/mol. The second kappa shape index (κ2) is 8.74. The first-order valence-electron chi connectivity index (χ1n) is 9.72. The highest BCUT2D eigenvalue weighted by atomic mass is 32.2. The standard InChI is InChI=1S/C23H21FN2O2S/c24-16-9-7-15(8-10-16)21(27)6-3-13-29-22-14-19(23(28)25-17-11-12-17)18-4-1-2-5-20(18)26-22/h1-2,4-5,7-10,14,17H,3,6,11-13H2,(H,25,28). The van der Waals surface area contributed by atoms with E-state index in [2.05, 4.69) is 10.3 Å². The monoisotopic (exact) mass is 408 g/mol. The number of halogens is 1. The number of nitrogens with one attached hydrogen (secondary N) is 1. The van der Waals surface area contributed by atoms with Crippen LogP contribution < -0.4 is 5.32 Å². The maximum Gasteiger partial charge on any atom is 0.252 e. The Balaban J connectivity index is 1.40. The quantitative estimate of drug-likeness (QED) is 0.323. The van der Waals surface area contributed by atoms with E-state index in [1.807, 2.05) is 30.3 Å². The van der Waals surface area contributed by atoms with Gasteiger partial charge in [-0.25, -0.2) is 9.37 Å². The van der Waals surface area contributed by atoms with Gasteiger partial charge < -0.3 is 5.32 Å². The Labute approximate surface area is 172 Å². The van der Waals surface area contributed by atoms with Crippen LogP contribution in [0.25, 0.3) is 10.9 Å². The molecule has 0 spiro atoms. The Morgan fingerprint density at radius 1 is 1.10 bits per heavy atom. The van der Waals surface area contributed by atoms with Crippen LogP contribution in [0.15, 0.2) is 59.6 Å². The third kappa shape index (κ3) is 5.01. The number of amides is 1. The van der Waals surface area contributed by atoms with E-state index in [0.29, 0.717) is 35.8 Å². The number of thioether (sulfide) groups is 1. The Morgan fingerprint density at radius 2 is 1.86 bits per heavy atom. The molecule has 1 amide bonds. The van der Waals surface area contributed by atoms with Crippen LogP contribution in [-0.2, 0) is 0 Å². The first-order chi connectivity index (χ1) is 14.1. The van der Waals surface area contributed by atoms with Crippen LogP contribution in [0, 0.1) is 5.82 Å². The molecule has 0 radical (unpaired) electrons. The van der Waals surface area contributed by atoms with Gasteiger partial charge >= 0.3 is 0 Å². The normalized spacial score (nSPS) is 13.4. The lowest BCUT2D eigenvalue weighted by Crippen LogP contribution is -2.25. The second-order valence-electron chi connectivity index (χ2n) is 7.16. The van der Waals surface area contributed by atoms with Gasteiger partial charge in [0.25, 0.3) is 5.91 Å². The van der Waals surface area contributed by atoms with Crippen molar-refractivity contribution in [3.8, 4) is 0 Å². The zero-order valence-electron chi connectivity index (χ0n) is 15.9. The molecular weight excluding hydrogens is 387 g/mol. The molecule has 1 aliphatic rings. The minimum atomic E-state index is -0.346. The molecule has 0 bridgehead atoms. The van der Waals surface area contributed by atoms with Gasteiger partial charge in [0.2, 0.25) is 0 Å². The Bertz CT molecular complexity index is 1050. The minimum absolute atomic E-state index is 0.00145. The molecule has 6 heteroatoms. The van der Waals surface area contributed by atoms with Crippen molar-refractivity contribution in [1.82, 2.24) is 10.3 Å². The van der Waals surface area contributed by atoms with Gasteiger partial charge in [0.15, 0.2) is 5.78 Å².